The second kappa shape index (κ2) is 7.12. The van der Waals surface area contributed by atoms with Crippen molar-refractivity contribution in [2.45, 2.75) is 60.8 Å². The number of nitrogens with zero attached hydrogens (tertiary/aromatic N) is 2. The van der Waals surface area contributed by atoms with Gasteiger partial charge in [-0.2, -0.15) is 0 Å². The average molecular weight is 330 g/mol. The molecule has 1 saturated carbocycles. The average Bonchev–Trinajstić information content (AvgIpc) is 2.48. The zero-order valence-electron chi connectivity index (χ0n) is 15.8. The van der Waals surface area contributed by atoms with Gasteiger partial charge < -0.3 is 0 Å². The number of hydrogen-bond donors (Lipinski definition) is 0. The molecule has 0 spiro atoms. The van der Waals surface area contributed by atoms with Crippen molar-refractivity contribution < 1.29 is 9.59 Å². The molecule has 24 heavy (non-hydrogen) atoms. The van der Waals surface area contributed by atoms with E-state index in [1.54, 1.807) is 12.4 Å². The lowest BCUT2D eigenvalue weighted by Crippen LogP contribution is -2.44. The van der Waals surface area contributed by atoms with Crippen molar-refractivity contribution in [2.75, 3.05) is 0 Å². The molecule has 3 unspecified atom stereocenters. The van der Waals surface area contributed by atoms with Gasteiger partial charge in [0.1, 0.15) is 5.78 Å². The highest BCUT2D eigenvalue weighted by Crippen LogP contribution is 2.43. The highest BCUT2D eigenvalue weighted by Gasteiger charge is 2.46. The Kier molecular flexibility index (Phi) is 5.56. The van der Waals surface area contributed by atoms with Gasteiger partial charge in [-0.3, -0.25) is 9.59 Å². The van der Waals surface area contributed by atoms with Gasteiger partial charge in [0.2, 0.25) is 5.78 Å². The van der Waals surface area contributed by atoms with Crippen LogP contribution in [0.1, 0.15) is 70.6 Å². The van der Waals surface area contributed by atoms with Crippen LogP contribution in [-0.4, -0.2) is 21.5 Å². The number of ketones is 2. The van der Waals surface area contributed by atoms with Gasteiger partial charge in [-0.25, -0.2) is 9.97 Å². The lowest BCUT2D eigenvalue weighted by atomic mass is 9.62. The Labute approximate surface area is 145 Å². The summed E-state index contributed by atoms with van der Waals surface area (Å²) < 4.78 is 0. The topological polar surface area (TPSA) is 59.9 Å². The van der Waals surface area contributed by atoms with Crippen molar-refractivity contribution in [1.29, 1.82) is 0 Å². The van der Waals surface area contributed by atoms with E-state index in [0.29, 0.717) is 5.92 Å². The van der Waals surface area contributed by atoms with Crippen molar-refractivity contribution in [3.8, 4) is 0 Å². The second-order valence-electron chi connectivity index (χ2n) is 8.71. The summed E-state index contributed by atoms with van der Waals surface area (Å²) in [5.41, 5.74) is 0.936. The zero-order chi connectivity index (χ0) is 18.1. The van der Waals surface area contributed by atoms with Crippen molar-refractivity contribution in [2.24, 2.45) is 29.1 Å². The molecular weight excluding hydrogens is 300 g/mol. The van der Waals surface area contributed by atoms with Crippen molar-refractivity contribution >= 4 is 11.6 Å². The molecule has 4 heteroatoms. The minimum atomic E-state index is -0.607. The van der Waals surface area contributed by atoms with Crippen LogP contribution in [-0.2, 0) is 11.2 Å². The summed E-state index contributed by atoms with van der Waals surface area (Å²) in [4.78, 5) is 34.3. The van der Waals surface area contributed by atoms with E-state index in [2.05, 4.69) is 44.6 Å². The predicted molar refractivity (Wildman–Crippen MR) is 94.7 cm³/mol. The SMILES string of the molecule is CC(C)Cc1cnc(C(=O)C2C(=O)C(C)CCC2C(C)(C)C)nc1. The highest BCUT2D eigenvalue weighted by atomic mass is 16.2. The number of rotatable bonds is 4. The molecule has 4 nitrogen and oxygen atoms in total. The minimum Gasteiger partial charge on any atom is -0.299 e. The maximum Gasteiger partial charge on any atom is 0.210 e. The standard InChI is InChI=1S/C20H30N2O2/c1-12(2)9-14-10-21-19(22-11-14)18(24)16-15(20(4,5)6)8-7-13(3)17(16)23/h10-13,15-16H,7-9H2,1-6H3. The van der Waals surface area contributed by atoms with E-state index in [1.165, 1.54) is 0 Å². The summed E-state index contributed by atoms with van der Waals surface area (Å²) in [5, 5.41) is 0. The zero-order valence-corrected chi connectivity index (χ0v) is 15.8. The van der Waals surface area contributed by atoms with Crippen LogP contribution in [0.15, 0.2) is 12.4 Å². The molecule has 1 heterocycles. The first-order valence-electron chi connectivity index (χ1n) is 9.00. The molecule has 1 aromatic rings. The Morgan fingerprint density at radius 1 is 1.21 bits per heavy atom. The van der Waals surface area contributed by atoms with E-state index in [0.717, 1.165) is 24.8 Å². The van der Waals surface area contributed by atoms with Crippen molar-refractivity contribution in [3.05, 3.63) is 23.8 Å². The van der Waals surface area contributed by atoms with Crippen LogP contribution < -0.4 is 0 Å². The Morgan fingerprint density at radius 2 is 1.79 bits per heavy atom. The fourth-order valence-electron chi connectivity index (χ4n) is 3.69. The molecule has 132 valence electrons. The summed E-state index contributed by atoms with van der Waals surface area (Å²) in [5.74, 6) is -0.0656. The molecule has 0 saturated heterocycles. The summed E-state index contributed by atoms with van der Waals surface area (Å²) in [6.07, 6.45) is 6.10. The van der Waals surface area contributed by atoms with Gasteiger partial charge in [-0.15, -0.1) is 0 Å². The highest BCUT2D eigenvalue weighted by molar-refractivity contribution is 6.10. The first kappa shape index (κ1) is 18.8. The number of carbonyl (C=O) groups excluding carboxylic acids is 2. The van der Waals surface area contributed by atoms with Crippen LogP contribution in [0.25, 0.3) is 0 Å². The smallest absolute Gasteiger partial charge is 0.210 e. The van der Waals surface area contributed by atoms with E-state index >= 15 is 0 Å². The second-order valence-corrected chi connectivity index (χ2v) is 8.71. The molecule has 0 N–H and O–H groups in total. The van der Waals surface area contributed by atoms with Gasteiger partial charge in [0.25, 0.3) is 0 Å². The lowest BCUT2D eigenvalue weighted by molar-refractivity contribution is -0.131. The van der Waals surface area contributed by atoms with Crippen LogP contribution in [0.5, 0.6) is 0 Å². The number of aromatic nitrogens is 2. The van der Waals surface area contributed by atoms with E-state index < -0.39 is 5.92 Å². The summed E-state index contributed by atoms with van der Waals surface area (Å²) in [6.45, 7) is 12.5. The van der Waals surface area contributed by atoms with E-state index in [1.807, 2.05) is 6.92 Å². The number of Topliss-reactive ketones (excluding diaryl/α,β-unsaturated/α-hetero) is 2. The maximum absolute atomic E-state index is 13.0. The minimum absolute atomic E-state index is 0.0487. The van der Waals surface area contributed by atoms with Crippen LogP contribution in [0.3, 0.4) is 0 Å². The van der Waals surface area contributed by atoms with Gasteiger partial charge >= 0.3 is 0 Å². The third kappa shape index (κ3) is 4.08. The molecular formula is C20H30N2O2. The monoisotopic (exact) mass is 330 g/mol. The molecule has 1 aromatic heterocycles. The molecule has 0 bridgehead atoms. The maximum atomic E-state index is 13.0. The quantitative estimate of drug-likeness (QED) is 0.615. The van der Waals surface area contributed by atoms with Gasteiger partial charge in [0, 0.05) is 18.3 Å². The van der Waals surface area contributed by atoms with Gasteiger partial charge in [-0.1, -0.05) is 41.5 Å². The van der Waals surface area contributed by atoms with Gasteiger partial charge in [0.05, 0.1) is 5.92 Å². The summed E-state index contributed by atoms with van der Waals surface area (Å²) in [7, 11) is 0. The van der Waals surface area contributed by atoms with Crippen molar-refractivity contribution in [3.63, 3.8) is 0 Å². The Hall–Kier alpha value is -1.58. The van der Waals surface area contributed by atoms with Crippen molar-refractivity contribution in [1.82, 2.24) is 9.97 Å². The summed E-state index contributed by atoms with van der Waals surface area (Å²) >= 11 is 0. The molecule has 0 amide bonds. The van der Waals surface area contributed by atoms with Crippen LogP contribution >= 0.6 is 0 Å². The lowest BCUT2D eigenvalue weighted by Gasteiger charge is -2.40. The van der Waals surface area contributed by atoms with Crippen LogP contribution in [0.2, 0.25) is 0 Å². The Bertz CT molecular complexity index is 599. The fourth-order valence-corrected chi connectivity index (χ4v) is 3.69. The number of hydrogen-bond acceptors (Lipinski definition) is 4. The first-order valence-corrected chi connectivity index (χ1v) is 9.00. The van der Waals surface area contributed by atoms with Crippen LogP contribution in [0.4, 0.5) is 0 Å². The Balaban J connectivity index is 2.28. The van der Waals surface area contributed by atoms with Gasteiger partial charge in [-0.05, 0) is 42.1 Å². The molecule has 0 aromatic carbocycles. The van der Waals surface area contributed by atoms with Gasteiger partial charge in [0.15, 0.2) is 5.82 Å². The molecule has 0 radical (unpaired) electrons. The van der Waals surface area contributed by atoms with Crippen LogP contribution in [0, 0.1) is 29.1 Å². The fraction of sp³-hybridized carbons (Fsp3) is 0.700. The van der Waals surface area contributed by atoms with E-state index in [-0.39, 0.29) is 34.6 Å². The predicted octanol–water partition coefficient (Wildman–Crippen LogP) is 4.14. The molecule has 1 aliphatic rings. The molecule has 0 aliphatic heterocycles. The Morgan fingerprint density at radius 3 is 2.29 bits per heavy atom. The van der Waals surface area contributed by atoms with E-state index in [4.69, 9.17) is 0 Å². The molecule has 2 rings (SSSR count). The third-order valence-corrected chi connectivity index (χ3v) is 5.07. The largest absolute Gasteiger partial charge is 0.299 e. The first-order chi connectivity index (χ1) is 11.1. The third-order valence-electron chi connectivity index (χ3n) is 5.07. The van der Waals surface area contributed by atoms with E-state index in [9.17, 15) is 9.59 Å². The normalized spacial score (nSPS) is 25.1. The number of carbonyl (C=O) groups is 2. The summed E-state index contributed by atoms with van der Waals surface area (Å²) in [6, 6.07) is 0. The molecule has 1 fully saturated rings. The molecule has 1 aliphatic carbocycles. The molecule has 3 atom stereocenters.